The fraction of sp³-hybridized carbons (Fsp3) is 0.300. The molecule has 2 aromatic carbocycles. The minimum atomic E-state index is -0.887. The van der Waals surface area contributed by atoms with Crippen LogP contribution in [0.1, 0.15) is 30.7 Å². The summed E-state index contributed by atoms with van der Waals surface area (Å²) in [6.07, 6.45) is 1.84. The van der Waals surface area contributed by atoms with Crippen molar-refractivity contribution in [2.24, 2.45) is 0 Å². The van der Waals surface area contributed by atoms with Gasteiger partial charge in [-0.05, 0) is 48.6 Å². The molecule has 138 valence electrons. The molecule has 2 aliphatic rings. The largest absolute Gasteiger partial charge is 0.364 e. The van der Waals surface area contributed by atoms with Crippen molar-refractivity contribution < 1.29 is 4.39 Å². The molecule has 2 saturated carbocycles. The first kappa shape index (κ1) is 17.2. The summed E-state index contributed by atoms with van der Waals surface area (Å²) in [6.45, 7) is 0. The lowest BCUT2D eigenvalue weighted by Gasteiger charge is -2.16. The second-order valence-electron chi connectivity index (χ2n) is 7.20. The highest BCUT2D eigenvalue weighted by molar-refractivity contribution is 9.10. The van der Waals surface area contributed by atoms with E-state index in [0.717, 1.165) is 28.2 Å². The minimum Gasteiger partial charge on any atom is -0.364 e. The summed E-state index contributed by atoms with van der Waals surface area (Å²) in [5.41, 5.74) is 2.06. The third kappa shape index (κ3) is 3.05. The first-order valence-corrected chi connectivity index (χ1v) is 10.1. The molecule has 1 heterocycles. The van der Waals surface area contributed by atoms with E-state index in [0.29, 0.717) is 28.9 Å². The third-order valence-electron chi connectivity index (χ3n) is 5.15. The molecule has 5 rings (SSSR count). The zero-order valence-electron chi connectivity index (χ0n) is 14.3. The maximum atomic E-state index is 13.4. The molecule has 0 bridgehead atoms. The van der Waals surface area contributed by atoms with Crippen LogP contribution in [0.25, 0.3) is 16.6 Å². The van der Waals surface area contributed by atoms with Gasteiger partial charge in [-0.3, -0.25) is 4.57 Å². The van der Waals surface area contributed by atoms with Crippen LogP contribution in [0.15, 0.2) is 45.7 Å². The highest BCUT2D eigenvalue weighted by Crippen LogP contribution is 2.45. The Morgan fingerprint density at radius 1 is 1.26 bits per heavy atom. The number of fused-ring (bicyclic) bond motifs is 1. The van der Waals surface area contributed by atoms with Crippen LogP contribution in [0.2, 0.25) is 5.02 Å². The van der Waals surface area contributed by atoms with Gasteiger partial charge in [-0.15, -0.1) is 0 Å². The first-order valence-electron chi connectivity index (χ1n) is 8.94. The third-order valence-corrected chi connectivity index (χ3v) is 6.16. The summed E-state index contributed by atoms with van der Waals surface area (Å²) in [4.78, 5) is 17.1. The van der Waals surface area contributed by atoms with Gasteiger partial charge in [-0.1, -0.05) is 39.7 Å². The monoisotopic (exact) mass is 447 g/mol. The van der Waals surface area contributed by atoms with Crippen LogP contribution in [-0.4, -0.2) is 21.8 Å². The van der Waals surface area contributed by atoms with Gasteiger partial charge in [0.25, 0.3) is 0 Å². The highest BCUT2D eigenvalue weighted by atomic mass is 79.9. The van der Waals surface area contributed by atoms with Crippen LogP contribution in [0.3, 0.4) is 0 Å². The zero-order chi connectivity index (χ0) is 18.7. The molecule has 0 aliphatic heterocycles. The van der Waals surface area contributed by atoms with Crippen LogP contribution >= 0.6 is 27.5 Å². The number of aromatic nitrogens is 2. The van der Waals surface area contributed by atoms with Crippen LogP contribution in [0.5, 0.6) is 0 Å². The lowest BCUT2D eigenvalue weighted by molar-refractivity contribution is 0.472. The van der Waals surface area contributed by atoms with Gasteiger partial charge in [0.05, 0.1) is 22.3 Å². The van der Waals surface area contributed by atoms with Gasteiger partial charge in [-0.25, -0.2) is 9.18 Å². The Kier molecular flexibility index (Phi) is 4.02. The van der Waals surface area contributed by atoms with E-state index < -0.39 is 11.9 Å². The number of nitrogens with zero attached hydrogens (tertiary/aromatic N) is 2. The van der Waals surface area contributed by atoms with Crippen molar-refractivity contribution in [1.29, 1.82) is 0 Å². The Morgan fingerprint density at radius 2 is 2.00 bits per heavy atom. The van der Waals surface area contributed by atoms with Gasteiger partial charge in [-0.2, -0.15) is 4.98 Å². The van der Waals surface area contributed by atoms with Crippen LogP contribution in [0.4, 0.5) is 10.2 Å². The number of hydrogen-bond acceptors (Lipinski definition) is 3. The summed E-state index contributed by atoms with van der Waals surface area (Å²) in [5.74, 6) is 0.924. The Bertz CT molecular complexity index is 1130. The predicted molar refractivity (Wildman–Crippen MR) is 109 cm³/mol. The van der Waals surface area contributed by atoms with E-state index in [4.69, 9.17) is 11.6 Å². The number of para-hydroxylation sites is 1. The SMILES string of the molecule is O=c1nc(N[C@H]2C[C@H]2F)c2cc(Br)c(C3CC3)cc2n1-c1ccccc1Cl. The van der Waals surface area contributed by atoms with Gasteiger partial charge in [0.15, 0.2) is 0 Å². The van der Waals surface area contributed by atoms with Gasteiger partial charge in [0, 0.05) is 16.3 Å². The van der Waals surface area contributed by atoms with E-state index in [9.17, 15) is 9.18 Å². The van der Waals surface area contributed by atoms with Gasteiger partial charge in [0.1, 0.15) is 12.0 Å². The average Bonchev–Trinajstić information content (AvgIpc) is 3.55. The molecule has 0 amide bonds. The first-order chi connectivity index (χ1) is 13.0. The molecule has 4 nitrogen and oxygen atoms in total. The summed E-state index contributed by atoms with van der Waals surface area (Å²) < 4.78 is 15.9. The van der Waals surface area contributed by atoms with Crippen molar-refractivity contribution >= 4 is 44.3 Å². The van der Waals surface area contributed by atoms with Crippen LogP contribution in [-0.2, 0) is 0 Å². The van der Waals surface area contributed by atoms with E-state index in [2.05, 4.69) is 26.2 Å². The summed E-state index contributed by atoms with van der Waals surface area (Å²) >= 11 is 10.0. The number of halogens is 3. The van der Waals surface area contributed by atoms with Crippen LogP contribution < -0.4 is 11.0 Å². The molecule has 27 heavy (non-hydrogen) atoms. The number of anilines is 1. The van der Waals surface area contributed by atoms with E-state index in [-0.39, 0.29) is 6.04 Å². The fourth-order valence-electron chi connectivity index (χ4n) is 3.43. The molecule has 0 spiro atoms. The number of rotatable bonds is 4. The molecule has 2 atom stereocenters. The maximum Gasteiger partial charge on any atom is 0.354 e. The van der Waals surface area contributed by atoms with Crippen molar-refractivity contribution in [3.05, 3.63) is 61.9 Å². The van der Waals surface area contributed by atoms with E-state index in [1.165, 1.54) is 5.56 Å². The predicted octanol–water partition coefficient (Wildman–Crippen LogP) is 5.20. The molecule has 0 radical (unpaired) electrons. The second kappa shape index (κ2) is 6.31. The molecular weight excluding hydrogens is 433 g/mol. The molecule has 0 saturated heterocycles. The normalized spacial score (nSPS) is 21.4. The maximum absolute atomic E-state index is 13.4. The highest BCUT2D eigenvalue weighted by Gasteiger charge is 2.38. The molecule has 2 aliphatic carbocycles. The summed E-state index contributed by atoms with van der Waals surface area (Å²) in [7, 11) is 0. The lowest BCUT2D eigenvalue weighted by atomic mass is 10.1. The quantitative estimate of drug-likeness (QED) is 0.597. The summed E-state index contributed by atoms with van der Waals surface area (Å²) in [6, 6.07) is 10.9. The van der Waals surface area contributed by atoms with E-state index >= 15 is 0 Å². The number of alkyl halides is 1. The molecule has 2 fully saturated rings. The lowest BCUT2D eigenvalue weighted by Crippen LogP contribution is -2.24. The van der Waals surface area contributed by atoms with Crippen molar-refractivity contribution in [3.8, 4) is 5.69 Å². The Hall–Kier alpha value is -1.92. The summed E-state index contributed by atoms with van der Waals surface area (Å²) in [5, 5.41) is 4.33. The molecule has 3 aromatic rings. The smallest absolute Gasteiger partial charge is 0.354 e. The van der Waals surface area contributed by atoms with Gasteiger partial charge in [0.2, 0.25) is 0 Å². The Morgan fingerprint density at radius 3 is 2.67 bits per heavy atom. The topological polar surface area (TPSA) is 46.9 Å². The fourth-order valence-corrected chi connectivity index (χ4v) is 4.32. The Balaban J connectivity index is 1.80. The van der Waals surface area contributed by atoms with Crippen molar-refractivity contribution in [2.45, 2.75) is 37.4 Å². The van der Waals surface area contributed by atoms with Crippen LogP contribution in [0, 0.1) is 0 Å². The molecule has 0 unspecified atom stereocenters. The van der Waals surface area contributed by atoms with Crippen molar-refractivity contribution in [2.75, 3.05) is 5.32 Å². The second-order valence-corrected chi connectivity index (χ2v) is 8.46. The zero-order valence-corrected chi connectivity index (χ0v) is 16.6. The number of hydrogen-bond donors (Lipinski definition) is 1. The standard InChI is InChI=1S/C20H16BrClFN3O/c21-13-7-12-18(8-11(13)10-5-6-10)26(17-4-2-1-3-14(17)22)20(27)25-19(12)24-16-9-15(16)23/h1-4,7-8,10,15-16H,5-6,9H2,(H,24,25,27)/t15-,16+/m1/s1. The molecule has 1 N–H and O–H groups in total. The molecule has 7 heteroatoms. The number of benzene rings is 2. The van der Waals surface area contributed by atoms with E-state index in [1.54, 1.807) is 16.7 Å². The average molecular weight is 449 g/mol. The number of nitrogens with one attached hydrogen (secondary N) is 1. The minimum absolute atomic E-state index is 0.279. The Labute approximate surface area is 168 Å². The van der Waals surface area contributed by atoms with Gasteiger partial charge < -0.3 is 5.32 Å². The van der Waals surface area contributed by atoms with Crippen molar-refractivity contribution in [1.82, 2.24) is 9.55 Å². The van der Waals surface area contributed by atoms with Gasteiger partial charge >= 0.3 is 5.69 Å². The van der Waals surface area contributed by atoms with Crippen molar-refractivity contribution in [3.63, 3.8) is 0 Å². The molecule has 1 aromatic heterocycles. The molecular formula is C20H16BrClFN3O. The van der Waals surface area contributed by atoms with E-state index in [1.807, 2.05) is 24.3 Å².